The molecule has 0 saturated heterocycles. The minimum absolute atomic E-state index is 0.108. The molecule has 0 saturated carbocycles. The molecule has 0 spiro atoms. The van der Waals surface area contributed by atoms with Crippen molar-refractivity contribution < 1.29 is 9.53 Å². The summed E-state index contributed by atoms with van der Waals surface area (Å²) in [4.78, 5) is 13.9. The maximum atomic E-state index is 12.2. The van der Waals surface area contributed by atoms with Gasteiger partial charge in [-0.05, 0) is 25.1 Å². The second kappa shape index (κ2) is 5.94. The molecule has 0 unspecified atom stereocenters. The van der Waals surface area contributed by atoms with Crippen LogP contribution in [0.15, 0.2) is 30.9 Å². The minimum Gasteiger partial charge on any atom is -0.497 e. The predicted octanol–water partition coefficient (Wildman–Crippen LogP) is 1.93. The molecule has 1 amide bonds. The second-order valence-corrected chi connectivity index (χ2v) is 3.59. The Bertz CT molecular complexity index is 416. The molecule has 2 N–H and O–H groups in total. The van der Waals surface area contributed by atoms with Crippen LogP contribution >= 0.6 is 0 Å². The van der Waals surface area contributed by atoms with E-state index in [9.17, 15) is 4.79 Å². The summed E-state index contributed by atoms with van der Waals surface area (Å²) < 4.78 is 5.09. The summed E-state index contributed by atoms with van der Waals surface area (Å²) >= 11 is 0. The first-order valence-corrected chi connectivity index (χ1v) is 5.47. The highest BCUT2D eigenvalue weighted by molar-refractivity contribution is 5.99. The summed E-state index contributed by atoms with van der Waals surface area (Å²) in [6.45, 7) is 6.66. The Labute approximate surface area is 102 Å². The van der Waals surface area contributed by atoms with Crippen LogP contribution in [0, 0.1) is 0 Å². The molecule has 0 radical (unpaired) electrons. The first kappa shape index (κ1) is 13.1. The number of nitrogens with zero attached hydrogens (tertiary/aromatic N) is 1. The van der Waals surface area contributed by atoms with Crippen molar-refractivity contribution in [1.29, 1.82) is 0 Å². The quantitative estimate of drug-likeness (QED) is 0.625. The smallest absolute Gasteiger partial charge is 0.256 e. The van der Waals surface area contributed by atoms with Gasteiger partial charge in [-0.2, -0.15) is 0 Å². The van der Waals surface area contributed by atoms with Crippen LogP contribution in [0.3, 0.4) is 0 Å². The Hall–Kier alpha value is -1.97. The van der Waals surface area contributed by atoms with Gasteiger partial charge in [0, 0.05) is 18.8 Å². The van der Waals surface area contributed by atoms with Gasteiger partial charge in [-0.1, -0.05) is 6.08 Å². The third kappa shape index (κ3) is 3.00. The highest BCUT2D eigenvalue weighted by Gasteiger charge is 2.16. The minimum atomic E-state index is -0.108. The van der Waals surface area contributed by atoms with Crippen LogP contribution in [0.1, 0.15) is 17.3 Å². The number of amides is 1. The van der Waals surface area contributed by atoms with E-state index in [0.29, 0.717) is 30.1 Å². The zero-order valence-electron chi connectivity index (χ0n) is 10.3. The predicted molar refractivity (Wildman–Crippen MR) is 69.2 cm³/mol. The number of likely N-dealkylation sites (N-methyl/N-ethyl adjacent to an activating group) is 1. The van der Waals surface area contributed by atoms with Gasteiger partial charge in [0.05, 0.1) is 12.7 Å². The molecule has 4 nitrogen and oxygen atoms in total. The topological polar surface area (TPSA) is 55.6 Å². The Morgan fingerprint density at radius 3 is 2.82 bits per heavy atom. The number of ether oxygens (including phenoxy) is 1. The highest BCUT2D eigenvalue weighted by atomic mass is 16.5. The molecule has 1 aromatic rings. The van der Waals surface area contributed by atoms with Crippen molar-refractivity contribution in [3.05, 3.63) is 36.4 Å². The van der Waals surface area contributed by atoms with Gasteiger partial charge in [0.1, 0.15) is 5.75 Å². The Balaban J connectivity index is 3.04. The largest absolute Gasteiger partial charge is 0.497 e. The van der Waals surface area contributed by atoms with Gasteiger partial charge < -0.3 is 15.4 Å². The van der Waals surface area contributed by atoms with Crippen molar-refractivity contribution in [1.82, 2.24) is 4.90 Å². The van der Waals surface area contributed by atoms with Crippen molar-refractivity contribution in [3.63, 3.8) is 0 Å². The lowest BCUT2D eigenvalue weighted by Gasteiger charge is -2.20. The number of hydrogen-bond acceptors (Lipinski definition) is 3. The van der Waals surface area contributed by atoms with Crippen LogP contribution in [0.4, 0.5) is 5.69 Å². The van der Waals surface area contributed by atoms with E-state index in [4.69, 9.17) is 10.5 Å². The van der Waals surface area contributed by atoms with Gasteiger partial charge in [-0.3, -0.25) is 4.79 Å². The summed E-state index contributed by atoms with van der Waals surface area (Å²) in [5.41, 5.74) is 6.73. The second-order valence-electron chi connectivity index (χ2n) is 3.59. The number of hydrogen-bond donors (Lipinski definition) is 1. The molecule has 0 fully saturated rings. The molecule has 1 aromatic carbocycles. The lowest BCUT2D eigenvalue weighted by atomic mass is 10.1. The SMILES string of the molecule is C=CCN(CC)C(=O)c1cc(OC)ccc1N. The van der Waals surface area contributed by atoms with Crippen molar-refractivity contribution in [2.24, 2.45) is 0 Å². The summed E-state index contributed by atoms with van der Waals surface area (Å²) in [5, 5.41) is 0. The van der Waals surface area contributed by atoms with Gasteiger partial charge in [0.15, 0.2) is 0 Å². The van der Waals surface area contributed by atoms with Crippen LogP contribution < -0.4 is 10.5 Å². The molecule has 0 aliphatic rings. The number of nitrogens with two attached hydrogens (primary N) is 1. The van der Waals surface area contributed by atoms with Crippen LogP contribution in [0.5, 0.6) is 5.75 Å². The lowest BCUT2D eigenvalue weighted by molar-refractivity contribution is 0.0783. The van der Waals surface area contributed by atoms with Gasteiger partial charge in [0.25, 0.3) is 5.91 Å². The molecule has 4 heteroatoms. The van der Waals surface area contributed by atoms with E-state index in [1.165, 1.54) is 0 Å². The Morgan fingerprint density at radius 2 is 2.29 bits per heavy atom. The molecule has 0 aliphatic heterocycles. The molecule has 1 rings (SSSR count). The van der Waals surface area contributed by atoms with Crippen LogP contribution in [-0.4, -0.2) is 31.0 Å². The number of anilines is 1. The first-order chi connectivity index (χ1) is 8.13. The van der Waals surface area contributed by atoms with Gasteiger partial charge in [-0.25, -0.2) is 0 Å². The number of rotatable bonds is 5. The Morgan fingerprint density at radius 1 is 1.59 bits per heavy atom. The number of carbonyl (C=O) groups excluding carboxylic acids is 1. The monoisotopic (exact) mass is 234 g/mol. The van der Waals surface area contributed by atoms with E-state index in [-0.39, 0.29) is 5.91 Å². The highest BCUT2D eigenvalue weighted by Crippen LogP contribution is 2.21. The standard InChI is InChI=1S/C13H18N2O2/c1-4-8-15(5-2)13(16)11-9-10(17-3)6-7-12(11)14/h4,6-7,9H,1,5,8,14H2,2-3H3. The van der Waals surface area contributed by atoms with E-state index in [1.54, 1.807) is 36.3 Å². The molecule has 0 aromatic heterocycles. The zero-order chi connectivity index (χ0) is 12.8. The normalized spacial score (nSPS) is 9.76. The van der Waals surface area contributed by atoms with E-state index < -0.39 is 0 Å². The van der Waals surface area contributed by atoms with Crippen molar-refractivity contribution in [2.75, 3.05) is 25.9 Å². The molecule has 92 valence electrons. The number of benzene rings is 1. The number of methoxy groups -OCH3 is 1. The molecule has 0 atom stereocenters. The fourth-order valence-electron chi connectivity index (χ4n) is 1.53. The molecule has 17 heavy (non-hydrogen) atoms. The summed E-state index contributed by atoms with van der Waals surface area (Å²) in [7, 11) is 1.56. The third-order valence-corrected chi connectivity index (χ3v) is 2.51. The lowest BCUT2D eigenvalue weighted by Crippen LogP contribution is -2.31. The van der Waals surface area contributed by atoms with E-state index in [1.807, 2.05) is 6.92 Å². The fourth-order valence-corrected chi connectivity index (χ4v) is 1.53. The van der Waals surface area contributed by atoms with Gasteiger partial charge >= 0.3 is 0 Å². The van der Waals surface area contributed by atoms with Crippen molar-refractivity contribution in [2.45, 2.75) is 6.92 Å². The van der Waals surface area contributed by atoms with Gasteiger partial charge in [-0.15, -0.1) is 6.58 Å². The average molecular weight is 234 g/mol. The number of nitrogen functional groups attached to an aromatic ring is 1. The molecule has 0 heterocycles. The van der Waals surface area contributed by atoms with Crippen LogP contribution in [0.2, 0.25) is 0 Å². The molecular weight excluding hydrogens is 216 g/mol. The zero-order valence-corrected chi connectivity index (χ0v) is 10.3. The fraction of sp³-hybridized carbons (Fsp3) is 0.308. The third-order valence-electron chi connectivity index (χ3n) is 2.51. The van der Waals surface area contributed by atoms with E-state index >= 15 is 0 Å². The summed E-state index contributed by atoms with van der Waals surface area (Å²) in [5.74, 6) is 0.515. The maximum absolute atomic E-state index is 12.2. The van der Waals surface area contributed by atoms with Gasteiger partial charge in [0.2, 0.25) is 0 Å². The molecule has 0 bridgehead atoms. The molecular formula is C13H18N2O2. The van der Waals surface area contributed by atoms with Crippen molar-refractivity contribution >= 4 is 11.6 Å². The summed E-state index contributed by atoms with van der Waals surface area (Å²) in [6.07, 6.45) is 1.69. The van der Waals surface area contributed by atoms with Crippen LogP contribution in [-0.2, 0) is 0 Å². The maximum Gasteiger partial charge on any atom is 0.256 e. The van der Waals surface area contributed by atoms with Crippen LogP contribution in [0.25, 0.3) is 0 Å². The van der Waals surface area contributed by atoms with E-state index in [0.717, 1.165) is 0 Å². The molecule has 0 aliphatic carbocycles. The Kier molecular flexibility index (Phi) is 4.57. The first-order valence-electron chi connectivity index (χ1n) is 5.47. The van der Waals surface area contributed by atoms with E-state index in [2.05, 4.69) is 6.58 Å². The van der Waals surface area contributed by atoms with Crippen molar-refractivity contribution in [3.8, 4) is 5.75 Å². The number of carbonyl (C=O) groups is 1. The average Bonchev–Trinajstić information content (AvgIpc) is 2.35. The summed E-state index contributed by atoms with van der Waals surface area (Å²) in [6, 6.07) is 5.06.